The number of carbonyl (C=O) groups excluding carboxylic acids is 1. The van der Waals surface area contributed by atoms with Gasteiger partial charge in [-0.05, 0) is 49.4 Å². The molecular formula is C22H29N3O2. The minimum Gasteiger partial charge on any atom is -0.388 e. The van der Waals surface area contributed by atoms with Crippen LogP contribution in [0.4, 0.5) is 4.79 Å². The van der Waals surface area contributed by atoms with E-state index in [0.29, 0.717) is 0 Å². The SMILES string of the molecule is Cc1ccc([C@H](NC(=O)NCC2(O)CCCCC2)c2cccnc2)c(C)c1. The van der Waals surface area contributed by atoms with E-state index in [0.717, 1.165) is 48.8 Å². The molecular weight excluding hydrogens is 338 g/mol. The smallest absolute Gasteiger partial charge is 0.315 e. The second-order valence-electron chi connectivity index (χ2n) is 7.69. The standard InChI is InChI=1S/C22H29N3O2/c1-16-8-9-19(17(2)13-16)20(18-7-6-12-23-14-18)25-21(26)24-15-22(27)10-4-3-5-11-22/h6-9,12-14,20,27H,3-5,10-11,15H2,1-2H3,(H2,24,25,26)/t20-/m1/s1. The summed E-state index contributed by atoms with van der Waals surface area (Å²) in [4.78, 5) is 16.8. The van der Waals surface area contributed by atoms with E-state index >= 15 is 0 Å². The van der Waals surface area contributed by atoms with Crippen LogP contribution in [0.3, 0.4) is 0 Å². The van der Waals surface area contributed by atoms with Gasteiger partial charge in [0.25, 0.3) is 0 Å². The molecule has 2 aromatic rings. The summed E-state index contributed by atoms with van der Waals surface area (Å²) in [6.07, 6.45) is 8.18. The summed E-state index contributed by atoms with van der Waals surface area (Å²) in [5, 5.41) is 16.5. The third kappa shape index (κ3) is 5.07. The molecule has 27 heavy (non-hydrogen) atoms. The monoisotopic (exact) mass is 367 g/mol. The number of rotatable bonds is 5. The van der Waals surface area contributed by atoms with E-state index in [1.165, 1.54) is 5.56 Å². The second-order valence-corrected chi connectivity index (χ2v) is 7.69. The molecule has 1 aromatic carbocycles. The lowest BCUT2D eigenvalue weighted by atomic mass is 9.85. The molecule has 1 heterocycles. The van der Waals surface area contributed by atoms with Crippen LogP contribution < -0.4 is 10.6 Å². The van der Waals surface area contributed by atoms with Gasteiger partial charge in [-0.3, -0.25) is 4.98 Å². The molecule has 1 atom stereocenters. The largest absolute Gasteiger partial charge is 0.388 e. The van der Waals surface area contributed by atoms with Crippen LogP contribution in [0.1, 0.15) is 60.4 Å². The molecule has 3 N–H and O–H groups in total. The van der Waals surface area contributed by atoms with Crippen LogP contribution >= 0.6 is 0 Å². The molecule has 0 bridgehead atoms. The van der Waals surface area contributed by atoms with E-state index in [1.807, 2.05) is 12.1 Å². The third-order valence-corrected chi connectivity index (χ3v) is 5.39. The van der Waals surface area contributed by atoms with Crippen LogP contribution in [0.5, 0.6) is 0 Å². The molecule has 0 radical (unpaired) electrons. The normalized spacial score (nSPS) is 17.1. The zero-order valence-corrected chi connectivity index (χ0v) is 16.2. The molecule has 144 valence electrons. The average molecular weight is 367 g/mol. The minimum atomic E-state index is -0.779. The highest BCUT2D eigenvalue weighted by molar-refractivity contribution is 5.75. The van der Waals surface area contributed by atoms with Crippen LogP contribution in [0.2, 0.25) is 0 Å². The number of nitrogens with zero attached hydrogens (tertiary/aromatic N) is 1. The van der Waals surface area contributed by atoms with E-state index < -0.39 is 5.60 Å². The number of aryl methyl sites for hydroxylation is 2. The Morgan fingerprint density at radius 3 is 2.67 bits per heavy atom. The van der Waals surface area contributed by atoms with E-state index in [-0.39, 0.29) is 18.6 Å². The maximum Gasteiger partial charge on any atom is 0.315 e. The Bertz CT molecular complexity index is 770. The number of carbonyl (C=O) groups is 1. The predicted octanol–water partition coefficient (Wildman–Crippen LogP) is 3.78. The number of urea groups is 1. The van der Waals surface area contributed by atoms with Crippen molar-refractivity contribution in [3.63, 3.8) is 0 Å². The first-order valence-electron chi connectivity index (χ1n) is 9.71. The molecule has 5 nitrogen and oxygen atoms in total. The van der Waals surface area contributed by atoms with E-state index in [1.54, 1.807) is 12.4 Å². The molecule has 1 aliphatic rings. The lowest BCUT2D eigenvalue weighted by Gasteiger charge is -2.32. The average Bonchev–Trinajstić information content (AvgIpc) is 2.66. The highest BCUT2D eigenvalue weighted by Crippen LogP contribution is 2.28. The van der Waals surface area contributed by atoms with Gasteiger partial charge in [-0.2, -0.15) is 0 Å². The first-order valence-corrected chi connectivity index (χ1v) is 9.71. The van der Waals surface area contributed by atoms with Gasteiger partial charge in [-0.1, -0.05) is 49.1 Å². The fraction of sp³-hybridized carbons (Fsp3) is 0.455. The van der Waals surface area contributed by atoms with Gasteiger partial charge in [-0.25, -0.2) is 4.79 Å². The lowest BCUT2D eigenvalue weighted by Crippen LogP contribution is -2.48. The summed E-state index contributed by atoms with van der Waals surface area (Å²) in [6.45, 7) is 4.39. The van der Waals surface area contributed by atoms with Crippen molar-refractivity contribution >= 4 is 6.03 Å². The van der Waals surface area contributed by atoms with Crippen molar-refractivity contribution < 1.29 is 9.90 Å². The summed E-state index contributed by atoms with van der Waals surface area (Å²) < 4.78 is 0. The van der Waals surface area contributed by atoms with Crippen molar-refractivity contribution in [2.45, 2.75) is 57.6 Å². The molecule has 0 saturated heterocycles. The van der Waals surface area contributed by atoms with Gasteiger partial charge in [0, 0.05) is 18.9 Å². The van der Waals surface area contributed by atoms with E-state index in [9.17, 15) is 9.90 Å². The summed E-state index contributed by atoms with van der Waals surface area (Å²) in [5.41, 5.74) is 3.50. The summed E-state index contributed by atoms with van der Waals surface area (Å²) in [5.74, 6) is 0. The first kappa shape index (κ1) is 19.4. The Balaban J connectivity index is 1.74. The van der Waals surface area contributed by atoms with Gasteiger partial charge in [-0.15, -0.1) is 0 Å². The fourth-order valence-corrected chi connectivity index (χ4v) is 3.85. The highest BCUT2D eigenvalue weighted by Gasteiger charge is 2.30. The maximum absolute atomic E-state index is 12.6. The molecule has 5 heteroatoms. The van der Waals surface area contributed by atoms with Gasteiger partial charge in [0.1, 0.15) is 0 Å². The molecule has 1 saturated carbocycles. The number of nitrogens with one attached hydrogen (secondary N) is 2. The van der Waals surface area contributed by atoms with Gasteiger partial charge >= 0.3 is 6.03 Å². The molecule has 1 fully saturated rings. The van der Waals surface area contributed by atoms with Gasteiger partial charge in [0.2, 0.25) is 0 Å². The van der Waals surface area contributed by atoms with E-state index in [2.05, 4.69) is 47.7 Å². The number of aliphatic hydroxyl groups is 1. The van der Waals surface area contributed by atoms with E-state index in [4.69, 9.17) is 0 Å². The zero-order valence-electron chi connectivity index (χ0n) is 16.2. The Kier molecular flexibility index (Phi) is 6.11. The number of benzene rings is 1. The minimum absolute atomic E-state index is 0.275. The lowest BCUT2D eigenvalue weighted by molar-refractivity contribution is 0.00715. The Labute approximate surface area is 161 Å². The molecule has 3 rings (SSSR count). The van der Waals surface area contributed by atoms with Crippen LogP contribution in [0.15, 0.2) is 42.7 Å². The molecule has 1 aromatic heterocycles. The van der Waals surface area contributed by atoms with Crippen molar-refractivity contribution in [3.05, 3.63) is 65.0 Å². The molecule has 0 aliphatic heterocycles. The van der Waals surface area contributed by atoms with Gasteiger partial charge in [0.15, 0.2) is 0 Å². The summed E-state index contributed by atoms with van der Waals surface area (Å²) >= 11 is 0. The molecule has 2 amide bonds. The second kappa shape index (κ2) is 8.53. The third-order valence-electron chi connectivity index (χ3n) is 5.39. The zero-order chi connectivity index (χ0) is 19.3. The van der Waals surface area contributed by atoms with Crippen LogP contribution in [0.25, 0.3) is 0 Å². The van der Waals surface area contributed by atoms with Crippen molar-refractivity contribution in [3.8, 4) is 0 Å². The van der Waals surface area contributed by atoms with Crippen LogP contribution in [-0.2, 0) is 0 Å². The maximum atomic E-state index is 12.6. The van der Waals surface area contributed by atoms with Crippen molar-refractivity contribution in [2.24, 2.45) is 0 Å². The fourth-order valence-electron chi connectivity index (χ4n) is 3.85. The van der Waals surface area contributed by atoms with Crippen LogP contribution in [0, 0.1) is 13.8 Å². The topological polar surface area (TPSA) is 74.2 Å². The van der Waals surface area contributed by atoms with Gasteiger partial charge < -0.3 is 15.7 Å². The number of amides is 2. The Morgan fingerprint density at radius 2 is 2.00 bits per heavy atom. The highest BCUT2D eigenvalue weighted by atomic mass is 16.3. The first-order chi connectivity index (χ1) is 13.0. The molecule has 0 spiro atoms. The van der Waals surface area contributed by atoms with Crippen LogP contribution in [-0.4, -0.2) is 28.3 Å². The summed E-state index contributed by atoms with van der Waals surface area (Å²) in [6, 6.07) is 9.49. The molecule has 0 unspecified atom stereocenters. The number of hydrogen-bond acceptors (Lipinski definition) is 3. The predicted molar refractivity (Wildman–Crippen MR) is 107 cm³/mol. The molecule has 1 aliphatic carbocycles. The van der Waals surface area contributed by atoms with Crippen molar-refractivity contribution in [1.82, 2.24) is 15.6 Å². The van der Waals surface area contributed by atoms with Crippen molar-refractivity contribution in [2.75, 3.05) is 6.54 Å². The van der Waals surface area contributed by atoms with Crippen molar-refractivity contribution in [1.29, 1.82) is 0 Å². The number of aromatic nitrogens is 1. The number of hydrogen-bond donors (Lipinski definition) is 3. The number of pyridine rings is 1. The Hall–Kier alpha value is -2.40. The summed E-state index contributed by atoms with van der Waals surface area (Å²) in [7, 11) is 0. The quantitative estimate of drug-likeness (QED) is 0.753. The Morgan fingerprint density at radius 1 is 1.22 bits per heavy atom. The van der Waals surface area contributed by atoms with Gasteiger partial charge in [0.05, 0.1) is 11.6 Å².